The van der Waals surface area contributed by atoms with Crippen LogP contribution >= 0.6 is 0 Å². The quantitative estimate of drug-likeness (QED) is 0.759. The lowest BCUT2D eigenvalue weighted by atomic mass is 10.2. The zero-order valence-corrected chi connectivity index (χ0v) is 9.50. The van der Waals surface area contributed by atoms with Gasteiger partial charge in [0, 0.05) is 5.56 Å². The molecule has 0 spiro atoms. The molecule has 2 nitrogen and oxygen atoms in total. The van der Waals surface area contributed by atoms with E-state index in [1.807, 2.05) is 45.2 Å². The number of rotatable bonds is 3. The summed E-state index contributed by atoms with van der Waals surface area (Å²) in [7, 11) is 1.88. The first-order valence-electron chi connectivity index (χ1n) is 5.12. The van der Waals surface area contributed by atoms with Gasteiger partial charge in [0.25, 0.3) is 0 Å². The Morgan fingerprint density at radius 3 is 2.47 bits per heavy atom. The standard InChI is InChI=1S/C13H17NO/c1-11(2)15-13-8-6-12(7-9-13)5-4-10-14-3/h6-9,11,14H,10H2,1-3H3. The Balaban J connectivity index is 2.61. The average molecular weight is 203 g/mol. The summed E-state index contributed by atoms with van der Waals surface area (Å²) in [5, 5.41) is 2.98. The van der Waals surface area contributed by atoms with Crippen LogP contribution in [0.3, 0.4) is 0 Å². The fraction of sp³-hybridized carbons (Fsp3) is 0.385. The van der Waals surface area contributed by atoms with E-state index in [-0.39, 0.29) is 6.10 Å². The summed E-state index contributed by atoms with van der Waals surface area (Å²) in [6.07, 6.45) is 0.214. The molecule has 0 unspecified atom stereocenters. The Bertz CT molecular complexity index is 343. The van der Waals surface area contributed by atoms with Crippen LogP contribution in [-0.4, -0.2) is 19.7 Å². The Morgan fingerprint density at radius 2 is 1.93 bits per heavy atom. The SMILES string of the molecule is CNCC#Cc1ccc(OC(C)C)cc1. The van der Waals surface area contributed by atoms with Gasteiger partial charge in [-0.2, -0.15) is 0 Å². The van der Waals surface area contributed by atoms with Crippen molar-refractivity contribution in [2.75, 3.05) is 13.6 Å². The Morgan fingerprint density at radius 1 is 1.27 bits per heavy atom. The van der Waals surface area contributed by atoms with Crippen molar-refractivity contribution < 1.29 is 4.74 Å². The topological polar surface area (TPSA) is 21.3 Å². The minimum Gasteiger partial charge on any atom is -0.491 e. The monoisotopic (exact) mass is 203 g/mol. The molecule has 0 aliphatic carbocycles. The molecule has 0 aliphatic rings. The van der Waals surface area contributed by atoms with Gasteiger partial charge in [0.2, 0.25) is 0 Å². The summed E-state index contributed by atoms with van der Waals surface area (Å²) < 4.78 is 5.53. The highest BCUT2D eigenvalue weighted by molar-refractivity contribution is 5.38. The third-order valence-electron chi connectivity index (χ3n) is 1.72. The van der Waals surface area contributed by atoms with E-state index in [1.165, 1.54) is 0 Å². The van der Waals surface area contributed by atoms with E-state index >= 15 is 0 Å². The Hall–Kier alpha value is -1.46. The molecule has 0 amide bonds. The zero-order chi connectivity index (χ0) is 11.1. The summed E-state index contributed by atoms with van der Waals surface area (Å²) in [5.41, 5.74) is 1.02. The van der Waals surface area contributed by atoms with Crippen molar-refractivity contribution in [3.05, 3.63) is 29.8 Å². The van der Waals surface area contributed by atoms with Gasteiger partial charge in [0.1, 0.15) is 5.75 Å². The van der Waals surface area contributed by atoms with Crippen LogP contribution in [0.5, 0.6) is 5.75 Å². The molecular formula is C13H17NO. The smallest absolute Gasteiger partial charge is 0.119 e. The minimum absolute atomic E-state index is 0.214. The van der Waals surface area contributed by atoms with Crippen LogP contribution in [0.15, 0.2) is 24.3 Å². The summed E-state index contributed by atoms with van der Waals surface area (Å²) in [6, 6.07) is 7.84. The first-order valence-corrected chi connectivity index (χ1v) is 5.12. The maximum Gasteiger partial charge on any atom is 0.119 e. The Labute approximate surface area is 91.6 Å². The van der Waals surface area contributed by atoms with Crippen LogP contribution in [0.1, 0.15) is 19.4 Å². The van der Waals surface area contributed by atoms with E-state index in [1.54, 1.807) is 0 Å². The molecule has 1 N–H and O–H groups in total. The van der Waals surface area contributed by atoms with Crippen LogP contribution in [-0.2, 0) is 0 Å². The van der Waals surface area contributed by atoms with Gasteiger partial charge in [-0.05, 0) is 45.2 Å². The van der Waals surface area contributed by atoms with Gasteiger partial charge < -0.3 is 10.1 Å². The van der Waals surface area contributed by atoms with Crippen LogP contribution in [0.4, 0.5) is 0 Å². The highest BCUT2D eigenvalue weighted by atomic mass is 16.5. The minimum atomic E-state index is 0.214. The summed E-state index contributed by atoms with van der Waals surface area (Å²) in [4.78, 5) is 0. The molecule has 1 aromatic carbocycles. The van der Waals surface area contributed by atoms with E-state index in [9.17, 15) is 0 Å². The van der Waals surface area contributed by atoms with Gasteiger partial charge in [-0.25, -0.2) is 0 Å². The molecular weight excluding hydrogens is 186 g/mol. The van der Waals surface area contributed by atoms with E-state index in [0.717, 1.165) is 11.3 Å². The molecule has 80 valence electrons. The molecule has 0 heterocycles. The molecule has 1 rings (SSSR count). The number of hydrogen-bond donors (Lipinski definition) is 1. The number of ether oxygens (including phenoxy) is 1. The summed E-state index contributed by atoms with van der Waals surface area (Å²) in [5.74, 6) is 6.96. The van der Waals surface area contributed by atoms with Crippen molar-refractivity contribution in [3.8, 4) is 17.6 Å². The van der Waals surface area contributed by atoms with Gasteiger partial charge in [-0.15, -0.1) is 0 Å². The summed E-state index contributed by atoms with van der Waals surface area (Å²) >= 11 is 0. The third kappa shape index (κ3) is 4.53. The predicted octanol–water partition coefficient (Wildman–Crippen LogP) is 2.04. The lowest BCUT2D eigenvalue weighted by molar-refractivity contribution is 0.242. The van der Waals surface area contributed by atoms with Crippen LogP contribution < -0.4 is 10.1 Å². The largest absolute Gasteiger partial charge is 0.491 e. The van der Waals surface area contributed by atoms with Gasteiger partial charge >= 0.3 is 0 Å². The van der Waals surface area contributed by atoms with Crippen LogP contribution in [0.2, 0.25) is 0 Å². The second-order valence-corrected chi connectivity index (χ2v) is 3.52. The molecule has 0 saturated carbocycles. The van der Waals surface area contributed by atoms with E-state index in [2.05, 4.69) is 17.2 Å². The number of hydrogen-bond acceptors (Lipinski definition) is 2. The second kappa shape index (κ2) is 6.10. The maximum absolute atomic E-state index is 5.53. The molecule has 0 atom stereocenters. The van der Waals surface area contributed by atoms with Crippen molar-refractivity contribution in [3.63, 3.8) is 0 Å². The third-order valence-corrected chi connectivity index (χ3v) is 1.72. The molecule has 2 heteroatoms. The highest BCUT2D eigenvalue weighted by Crippen LogP contribution is 2.12. The lowest BCUT2D eigenvalue weighted by Gasteiger charge is -2.08. The van der Waals surface area contributed by atoms with Crippen molar-refractivity contribution in [1.29, 1.82) is 0 Å². The second-order valence-electron chi connectivity index (χ2n) is 3.52. The number of benzene rings is 1. The molecule has 0 radical (unpaired) electrons. The fourth-order valence-corrected chi connectivity index (χ4v) is 1.12. The molecule has 0 fully saturated rings. The van der Waals surface area contributed by atoms with Gasteiger partial charge in [-0.1, -0.05) is 11.8 Å². The van der Waals surface area contributed by atoms with Crippen molar-refractivity contribution in [1.82, 2.24) is 5.32 Å². The zero-order valence-electron chi connectivity index (χ0n) is 9.50. The maximum atomic E-state index is 5.53. The molecule has 0 aliphatic heterocycles. The molecule has 0 bridgehead atoms. The molecule has 1 aromatic rings. The molecule has 0 saturated heterocycles. The summed E-state index contributed by atoms with van der Waals surface area (Å²) in [6.45, 7) is 4.74. The van der Waals surface area contributed by atoms with Crippen LogP contribution in [0.25, 0.3) is 0 Å². The normalized spacial score (nSPS) is 9.60. The van der Waals surface area contributed by atoms with Crippen molar-refractivity contribution in [2.24, 2.45) is 0 Å². The van der Waals surface area contributed by atoms with Gasteiger partial charge in [0.15, 0.2) is 0 Å². The van der Waals surface area contributed by atoms with Crippen molar-refractivity contribution >= 4 is 0 Å². The first kappa shape index (κ1) is 11.6. The predicted molar refractivity (Wildman–Crippen MR) is 63.0 cm³/mol. The fourth-order valence-electron chi connectivity index (χ4n) is 1.12. The molecule has 15 heavy (non-hydrogen) atoms. The van der Waals surface area contributed by atoms with Gasteiger partial charge in [-0.3, -0.25) is 0 Å². The lowest BCUT2D eigenvalue weighted by Crippen LogP contribution is -2.05. The average Bonchev–Trinajstić information content (AvgIpc) is 2.20. The first-order chi connectivity index (χ1) is 7.22. The molecule has 0 aromatic heterocycles. The number of nitrogens with one attached hydrogen (secondary N) is 1. The highest BCUT2D eigenvalue weighted by Gasteiger charge is 1.95. The van der Waals surface area contributed by atoms with Crippen LogP contribution in [0, 0.1) is 11.8 Å². The Kier molecular flexibility index (Phi) is 4.73. The van der Waals surface area contributed by atoms with E-state index < -0.39 is 0 Å². The van der Waals surface area contributed by atoms with Gasteiger partial charge in [0.05, 0.1) is 12.6 Å². The van der Waals surface area contributed by atoms with Crippen molar-refractivity contribution in [2.45, 2.75) is 20.0 Å². The van der Waals surface area contributed by atoms with E-state index in [4.69, 9.17) is 4.74 Å². The van der Waals surface area contributed by atoms with E-state index in [0.29, 0.717) is 6.54 Å².